The van der Waals surface area contributed by atoms with Crippen LogP contribution in [0.4, 0.5) is 4.39 Å². The molecule has 0 aliphatic carbocycles. The van der Waals surface area contributed by atoms with Gasteiger partial charge in [0.15, 0.2) is 5.69 Å². The molecule has 0 radical (unpaired) electrons. The largest absolute Gasteiger partial charge is 0.336 e. The lowest BCUT2D eigenvalue weighted by atomic mass is 10.1. The summed E-state index contributed by atoms with van der Waals surface area (Å²) in [5.74, 6) is -0.229. The molecule has 0 spiro atoms. The maximum absolute atomic E-state index is 13.0. The van der Waals surface area contributed by atoms with Crippen LogP contribution in [0.5, 0.6) is 0 Å². The molecule has 0 saturated carbocycles. The normalized spacial score (nSPS) is 10.2. The van der Waals surface area contributed by atoms with Crippen LogP contribution in [0.15, 0.2) is 30.6 Å². The Hall–Kier alpha value is -2.15. The molecule has 4 heteroatoms. The van der Waals surface area contributed by atoms with Gasteiger partial charge in [-0.1, -0.05) is 12.1 Å². The van der Waals surface area contributed by atoms with Gasteiger partial charge in [-0.3, -0.25) is 0 Å². The Bertz CT molecular complexity index is 566. The van der Waals surface area contributed by atoms with Gasteiger partial charge in [0.2, 0.25) is 0 Å². The maximum atomic E-state index is 13.0. The number of halogens is 1. The highest BCUT2D eigenvalue weighted by atomic mass is 19.1. The fourth-order valence-corrected chi connectivity index (χ4v) is 1.80. The lowest BCUT2D eigenvalue weighted by Gasteiger charge is -2.03. The first kappa shape index (κ1) is 11.3. The molecule has 0 amide bonds. The second-order valence-electron chi connectivity index (χ2n) is 3.89. The van der Waals surface area contributed by atoms with Crippen molar-refractivity contribution in [3.8, 4) is 6.07 Å². The van der Waals surface area contributed by atoms with Crippen molar-refractivity contribution in [2.45, 2.75) is 12.8 Å². The molecule has 0 aliphatic heterocycles. The van der Waals surface area contributed by atoms with Gasteiger partial charge in [0.05, 0.1) is 12.0 Å². The van der Waals surface area contributed by atoms with Crippen molar-refractivity contribution in [1.29, 1.82) is 5.26 Å². The van der Waals surface area contributed by atoms with Crippen LogP contribution < -0.4 is 0 Å². The Kier molecular flexibility index (Phi) is 3.20. The lowest BCUT2D eigenvalue weighted by molar-refractivity contribution is 0.625. The molecule has 1 aromatic heterocycles. The number of hydrogen-bond donors (Lipinski definition) is 0. The molecule has 0 unspecified atom stereocenters. The van der Waals surface area contributed by atoms with Gasteiger partial charge in [0, 0.05) is 7.05 Å². The van der Waals surface area contributed by atoms with Gasteiger partial charge in [0.25, 0.3) is 0 Å². The van der Waals surface area contributed by atoms with E-state index in [2.05, 4.69) is 11.1 Å². The highest BCUT2D eigenvalue weighted by Crippen LogP contribution is 2.11. The van der Waals surface area contributed by atoms with E-state index in [-0.39, 0.29) is 5.82 Å². The Morgan fingerprint density at radius 2 is 2.24 bits per heavy atom. The van der Waals surface area contributed by atoms with Crippen LogP contribution in [-0.4, -0.2) is 9.55 Å². The molecule has 0 aliphatic rings. The zero-order valence-corrected chi connectivity index (χ0v) is 9.52. The van der Waals surface area contributed by atoms with E-state index < -0.39 is 0 Å². The lowest BCUT2D eigenvalue weighted by Crippen LogP contribution is -2.00. The highest BCUT2D eigenvalue weighted by Gasteiger charge is 2.08. The molecular formula is C13H12FN3. The summed E-state index contributed by atoms with van der Waals surface area (Å²) in [6, 6.07) is 8.57. The van der Waals surface area contributed by atoms with Crippen molar-refractivity contribution < 1.29 is 4.39 Å². The Morgan fingerprint density at radius 3 is 2.94 bits per heavy atom. The molecule has 0 atom stereocenters. The summed E-state index contributed by atoms with van der Waals surface area (Å²) in [5, 5.41) is 8.89. The highest BCUT2D eigenvalue weighted by molar-refractivity contribution is 5.28. The van der Waals surface area contributed by atoms with Crippen molar-refractivity contribution in [2.24, 2.45) is 7.05 Å². The predicted molar refractivity (Wildman–Crippen MR) is 61.7 cm³/mol. The van der Waals surface area contributed by atoms with Crippen LogP contribution in [0.1, 0.15) is 17.0 Å². The SMILES string of the molecule is Cn1cnc(C#N)c1CCc1cccc(F)c1. The smallest absolute Gasteiger partial charge is 0.161 e. The Balaban J connectivity index is 2.13. The molecule has 0 saturated heterocycles. The molecule has 86 valence electrons. The molecule has 0 bridgehead atoms. The maximum Gasteiger partial charge on any atom is 0.161 e. The Labute approximate surface area is 99.1 Å². The molecule has 2 rings (SSSR count). The third kappa shape index (κ3) is 2.51. The summed E-state index contributed by atoms with van der Waals surface area (Å²) < 4.78 is 14.8. The number of imidazole rings is 1. The molecule has 3 nitrogen and oxygen atoms in total. The van der Waals surface area contributed by atoms with E-state index in [4.69, 9.17) is 5.26 Å². The van der Waals surface area contributed by atoms with Gasteiger partial charge in [-0.15, -0.1) is 0 Å². The zero-order chi connectivity index (χ0) is 12.3. The van der Waals surface area contributed by atoms with Gasteiger partial charge >= 0.3 is 0 Å². The summed E-state index contributed by atoms with van der Waals surface area (Å²) in [7, 11) is 1.86. The number of aryl methyl sites for hydroxylation is 2. The van der Waals surface area contributed by atoms with Crippen molar-refractivity contribution in [3.63, 3.8) is 0 Å². The van der Waals surface area contributed by atoms with Crippen molar-refractivity contribution in [3.05, 3.63) is 53.4 Å². The Morgan fingerprint density at radius 1 is 1.41 bits per heavy atom. The molecule has 2 aromatic rings. The fraction of sp³-hybridized carbons (Fsp3) is 0.231. The van der Waals surface area contributed by atoms with E-state index in [1.807, 2.05) is 17.7 Å². The number of hydrogen-bond acceptors (Lipinski definition) is 2. The van der Waals surface area contributed by atoms with Crippen LogP contribution in [0.2, 0.25) is 0 Å². The topological polar surface area (TPSA) is 41.6 Å². The van der Waals surface area contributed by atoms with Crippen molar-refractivity contribution in [2.75, 3.05) is 0 Å². The molecule has 1 heterocycles. The van der Waals surface area contributed by atoms with Crippen LogP contribution in [0.25, 0.3) is 0 Å². The second-order valence-corrected chi connectivity index (χ2v) is 3.89. The summed E-state index contributed by atoms with van der Waals surface area (Å²) in [6.45, 7) is 0. The minimum Gasteiger partial charge on any atom is -0.336 e. The summed E-state index contributed by atoms with van der Waals surface area (Å²) in [4.78, 5) is 3.99. The number of nitriles is 1. The average Bonchev–Trinajstić information content (AvgIpc) is 2.67. The van der Waals surface area contributed by atoms with E-state index >= 15 is 0 Å². The van der Waals surface area contributed by atoms with E-state index in [0.717, 1.165) is 11.3 Å². The molecular weight excluding hydrogens is 217 g/mol. The predicted octanol–water partition coefficient (Wildman–Crippen LogP) is 2.22. The summed E-state index contributed by atoms with van der Waals surface area (Å²) in [5.41, 5.74) is 2.26. The minimum atomic E-state index is -0.229. The van der Waals surface area contributed by atoms with E-state index in [9.17, 15) is 4.39 Å². The van der Waals surface area contributed by atoms with E-state index in [1.165, 1.54) is 12.1 Å². The molecule has 0 N–H and O–H groups in total. The number of aromatic nitrogens is 2. The summed E-state index contributed by atoms with van der Waals surface area (Å²) in [6.07, 6.45) is 3.01. The van der Waals surface area contributed by atoms with E-state index in [0.29, 0.717) is 18.5 Å². The molecule has 1 aromatic carbocycles. The second kappa shape index (κ2) is 4.79. The zero-order valence-electron chi connectivity index (χ0n) is 9.52. The number of rotatable bonds is 3. The minimum absolute atomic E-state index is 0.229. The van der Waals surface area contributed by atoms with Crippen LogP contribution in [0.3, 0.4) is 0 Å². The van der Waals surface area contributed by atoms with Gasteiger partial charge < -0.3 is 4.57 Å². The van der Waals surface area contributed by atoms with Gasteiger partial charge in [0.1, 0.15) is 11.9 Å². The first-order valence-electron chi connectivity index (χ1n) is 5.35. The van der Waals surface area contributed by atoms with E-state index in [1.54, 1.807) is 12.4 Å². The van der Waals surface area contributed by atoms with Crippen LogP contribution in [0, 0.1) is 17.1 Å². The number of benzene rings is 1. The molecule has 0 fully saturated rings. The third-order valence-corrected chi connectivity index (χ3v) is 2.70. The van der Waals surface area contributed by atoms with Crippen LogP contribution >= 0.6 is 0 Å². The quantitative estimate of drug-likeness (QED) is 0.809. The fourth-order valence-electron chi connectivity index (χ4n) is 1.80. The van der Waals surface area contributed by atoms with Gasteiger partial charge in [-0.05, 0) is 30.5 Å². The molecule has 17 heavy (non-hydrogen) atoms. The van der Waals surface area contributed by atoms with Crippen molar-refractivity contribution in [1.82, 2.24) is 9.55 Å². The number of nitrogens with zero attached hydrogens (tertiary/aromatic N) is 3. The first-order chi connectivity index (χ1) is 8.20. The summed E-state index contributed by atoms with van der Waals surface area (Å²) >= 11 is 0. The first-order valence-corrected chi connectivity index (χ1v) is 5.35. The monoisotopic (exact) mass is 229 g/mol. The third-order valence-electron chi connectivity index (χ3n) is 2.70. The standard InChI is InChI=1S/C13H12FN3/c1-17-9-16-12(8-15)13(17)6-5-10-3-2-4-11(14)7-10/h2-4,7,9H,5-6H2,1H3. The van der Waals surface area contributed by atoms with Gasteiger partial charge in [-0.2, -0.15) is 5.26 Å². The average molecular weight is 229 g/mol. The van der Waals surface area contributed by atoms with Gasteiger partial charge in [-0.25, -0.2) is 9.37 Å². The van der Waals surface area contributed by atoms with Crippen LogP contribution in [-0.2, 0) is 19.9 Å². The van der Waals surface area contributed by atoms with Crippen molar-refractivity contribution >= 4 is 0 Å².